The molecule has 9 nitrogen and oxygen atoms in total. The smallest absolute Gasteiger partial charge is 0.346 e. The second kappa shape index (κ2) is 10.8. The number of carbonyl (C=O) groups is 4. The van der Waals surface area contributed by atoms with Crippen LogP contribution in [0.2, 0.25) is 0 Å². The number of aliphatic hydroxyl groups is 2. The van der Waals surface area contributed by atoms with E-state index in [4.69, 9.17) is 10.2 Å². The third kappa shape index (κ3) is 7.04. The predicted octanol–water partition coefficient (Wildman–Crippen LogP) is -0.389. The van der Waals surface area contributed by atoms with Crippen molar-refractivity contribution in [3.63, 3.8) is 0 Å². The minimum atomic E-state index is -0.579. The monoisotopic (exact) mass is 352 g/mol. The first-order valence-electron chi connectivity index (χ1n) is 7.08. The quantitative estimate of drug-likeness (QED) is 0.422. The standard InChI is InChI=1S/C8H4O3.C4H2O3.C4H10O3/c9-7-5-3-1-2-4-6(5)8(10)11-7;5-3-1-2-4(6)7-3;5-1-3-7-4-2-6/h1-4H;1-2H;5-6H,1-4H2. The van der Waals surface area contributed by atoms with E-state index >= 15 is 0 Å². The molecular weight excluding hydrogens is 336 g/mol. The number of aliphatic hydroxyl groups excluding tert-OH is 2. The molecule has 2 aliphatic rings. The van der Waals surface area contributed by atoms with Gasteiger partial charge in [-0.25, -0.2) is 19.2 Å². The summed E-state index contributed by atoms with van der Waals surface area (Å²) in [6, 6.07) is 6.53. The zero-order chi connectivity index (χ0) is 18.7. The molecule has 0 aromatic heterocycles. The molecule has 0 amide bonds. The van der Waals surface area contributed by atoms with Gasteiger partial charge in [-0.1, -0.05) is 12.1 Å². The van der Waals surface area contributed by atoms with E-state index in [0.717, 1.165) is 12.2 Å². The summed E-state index contributed by atoms with van der Waals surface area (Å²) >= 11 is 0. The van der Waals surface area contributed by atoms with Gasteiger partial charge in [0.1, 0.15) is 0 Å². The molecule has 1 aromatic rings. The van der Waals surface area contributed by atoms with Crippen LogP contribution in [0.5, 0.6) is 0 Å². The van der Waals surface area contributed by atoms with Crippen molar-refractivity contribution in [2.75, 3.05) is 26.4 Å². The van der Waals surface area contributed by atoms with Crippen LogP contribution in [0.1, 0.15) is 20.7 Å². The summed E-state index contributed by atoms with van der Waals surface area (Å²) in [6.45, 7) is 0.696. The maximum atomic E-state index is 10.8. The average Bonchev–Trinajstić information content (AvgIpc) is 3.12. The van der Waals surface area contributed by atoms with Crippen LogP contribution >= 0.6 is 0 Å². The molecule has 1 aromatic carbocycles. The van der Waals surface area contributed by atoms with E-state index in [1.165, 1.54) is 0 Å². The van der Waals surface area contributed by atoms with Crippen LogP contribution in [0.3, 0.4) is 0 Å². The first-order valence-corrected chi connectivity index (χ1v) is 7.08. The second-order valence-electron chi connectivity index (χ2n) is 4.36. The summed E-state index contributed by atoms with van der Waals surface area (Å²) in [5, 5.41) is 16.2. The Morgan fingerprint density at radius 2 is 1.20 bits per heavy atom. The van der Waals surface area contributed by atoms with E-state index in [1.54, 1.807) is 24.3 Å². The fourth-order valence-electron chi connectivity index (χ4n) is 1.57. The van der Waals surface area contributed by atoms with Crippen molar-refractivity contribution >= 4 is 23.9 Å². The van der Waals surface area contributed by atoms with E-state index in [0.29, 0.717) is 24.3 Å². The first-order chi connectivity index (χ1) is 12.0. The number of hydrogen-bond donors (Lipinski definition) is 2. The summed E-state index contributed by atoms with van der Waals surface area (Å²) in [7, 11) is 0. The largest absolute Gasteiger partial charge is 0.394 e. The third-order valence-corrected chi connectivity index (χ3v) is 2.58. The van der Waals surface area contributed by atoms with Gasteiger partial charge in [-0.3, -0.25) is 0 Å². The van der Waals surface area contributed by atoms with E-state index in [9.17, 15) is 19.2 Å². The topological polar surface area (TPSA) is 136 Å². The van der Waals surface area contributed by atoms with Gasteiger partial charge in [0, 0.05) is 12.2 Å². The molecule has 3 rings (SSSR count). The van der Waals surface area contributed by atoms with Crippen molar-refractivity contribution < 1.29 is 43.6 Å². The van der Waals surface area contributed by atoms with E-state index < -0.39 is 23.9 Å². The van der Waals surface area contributed by atoms with Crippen LogP contribution in [-0.4, -0.2) is 60.5 Å². The summed E-state index contributed by atoms with van der Waals surface area (Å²) in [6.07, 6.45) is 2.17. The number of hydrogen-bond acceptors (Lipinski definition) is 9. The summed E-state index contributed by atoms with van der Waals surface area (Å²) in [4.78, 5) is 41.5. The fourth-order valence-corrected chi connectivity index (χ4v) is 1.57. The number of fused-ring (bicyclic) bond motifs is 1. The maximum absolute atomic E-state index is 10.8. The maximum Gasteiger partial charge on any atom is 0.346 e. The van der Waals surface area contributed by atoms with Gasteiger partial charge in [0.25, 0.3) is 0 Å². The Bertz CT molecular complexity index is 610. The van der Waals surface area contributed by atoms with E-state index in [2.05, 4.69) is 14.2 Å². The Hall–Kier alpha value is -2.88. The lowest BCUT2D eigenvalue weighted by atomic mass is 10.1. The Morgan fingerprint density at radius 3 is 1.52 bits per heavy atom. The highest BCUT2D eigenvalue weighted by Gasteiger charge is 2.28. The van der Waals surface area contributed by atoms with Crippen LogP contribution in [0.15, 0.2) is 36.4 Å². The molecule has 0 bridgehead atoms. The van der Waals surface area contributed by atoms with Crippen molar-refractivity contribution in [1.82, 2.24) is 0 Å². The molecule has 0 saturated heterocycles. The van der Waals surface area contributed by atoms with Crippen molar-refractivity contribution in [3.05, 3.63) is 47.5 Å². The molecule has 25 heavy (non-hydrogen) atoms. The molecule has 2 aliphatic heterocycles. The third-order valence-electron chi connectivity index (χ3n) is 2.58. The normalized spacial score (nSPS) is 14.0. The van der Waals surface area contributed by atoms with Gasteiger partial charge in [-0.15, -0.1) is 0 Å². The average molecular weight is 352 g/mol. The highest BCUT2D eigenvalue weighted by Crippen LogP contribution is 2.18. The number of benzene rings is 1. The molecule has 0 aliphatic carbocycles. The molecule has 0 unspecified atom stereocenters. The van der Waals surface area contributed by atoms with Gasteiger partial charge in [-0.05, 0) is 12.1 Å². The van der Waals surface area contributed by atoms with Gasteiger partial charge >= 0.3 is 23.9 Å². The summed E-state index contributed by atoms with van der Waals surface area (Å²) < 4.78 is 13.0. The molecule has 0 fully saturated rings. The Balaban J connectivity index is 0.000000197. The van der Waals surface area contributed by atoms with Crippen molar-refractivity contribution in [3.8, 4) is 0 Å². The van der Waals surface area contributed by atoms with Crippen molar-refractivity contribution in [2.45, 2.75) is 0 Å². The minimum absolute atomic E-state index is 0.0278. The number of rotatable bonds is 4. The van der Waals surface area contributed by atoms with E-state index in [1.807, 2.05) is 0 Å². The molecule has 0 radical (unpaired) electrons. The molecule has 0 spiro atoms. The van der Waals surface area contributed by atoms with Crippen LogP contribution in [0.4, 0.5) is 0 Å². The highest BCUT2D eigenvalue weighted by atomic mass is 16.6. The Labute approximate surface area is 142 Å². The zero-order valence-electron chi connectivity index (χ0n) is 13.0. The lowest BCUT2D eigenvalue weighted by molar-refractivity contribution is -0.150. The molecule has 2 heterocycles. The lowest BCUT2D eigenvalue weighted by Gasteiger charge is -1.94. The first kappa shape index (κ1) is 20.2. The van der Waals surface area contributed by atoms with Gasteiger partial charge in [0.05, 0.1) is 37.6 Å². The van der Waals surface area contributed by atoms with E-state index in [-0.39, 0.29) is 13.2 Å². The summed E-state index contributed by atoms with van der Waals surface area (Å²) in [5.41, 5.74) is 0.718. The molecule has 9 heteroatoms. The van der Waals surface area contributed by atoms with Gasteiger partial charge in [0.2, 0.25) is 0 Å². The molecular formula is C16H16O9. The fraction of sp³-hybridized carbons (Fsp3) is 0.250. The highest BCUT2D eigenvalue weighted by molar-refractivity contribution is 6.14. The van der Waals surface area contributed by atoms with Crippen molar-refractivity contribution in [2.24, 2.45) is 0 Å². The Kier molecular flexibility index (Phi) is 8.72. The van der Waals surface area contributed by atoms with Gasteiger partial charge in [0.15, 0.2) is 0 Å². The predicted molar refractivity (Wildman–Crippen MR) is 81.4 cm³/mol. The minimum Gasteiger partial charge on any atom is -0.394 e. The molecule has 0 atom stereocenters. The molecule has 2 N–H and O–H groups in total. The van der Waals surface area contributed by atoms with Crippen LogP contribution in [0, 0.1) is 0 Å². The van der Waals surface area contributed by atoms with Crippen LogP contribution < -0.4 is 0 Å². The number of cyclic esters (lactones) is 4. The molecule has 0 saturated carbocycles. The van der Waals surface area contributed by atoms with Crippen molar-refractivity contribution in [1.29, 1.82) is 0 Å². The van der Waals surface area contributed by atoms with Crippen LogP contribution in [0.25, 0.3) is 0 Å². The van der Waals surface area contributed by atoms with Crippen LogP contribution in [-0.2, 0) is 23.8 Å². The van der Waals surface area contributed by atoms with Gasteiger partial charge in [-0.2, -0.15) is 0 Å². The Morgan fingerprint density at radius 1 is 0.760 bits per heavy atom. The molecule has 134 valence electrons. The number of carbonyl (C=O) groups excluding carboxylic acids is 4. The number of ether oxygens (including phenoxy) is 3. The summed E-state index contributed by atoms with van der Waals surface area (Å²) in [5.74, 6) is -2.26. The lowest BCUT2D eigenvalue weighted by Crippen LogP contribution is -2.03. The zero-order valence-corrected chi connectivity index (χ0v) is 13.0. The SMILES string of the molecule is O=C1C=CC(=O)O1.O=C1OC(=O)c2ccccc21.OCCOCCO. The van der Waals surface area contributed by atoms with Gasteiger partial charge < -0.3 is 24.4 Å². The second-order valence-corrected chi connectivity index (χ2v) is 4.36. The number of esters is 4.